The average molecular weight is 277 g/mol. The number of ether oxygens (including phenoxy) is 2. The molecule has 2 unspecified atom stereocenters. The lowest BCUT2D eigenvalue weighted by Gasteiger charge is -2.19. The fourth-order valence-electron chi connectivity index (χ4n) is 2.25. The van der Waals surface area contributed by atoms with Crippen molar-refractivity contribution in [1.29, 1.82) is 0 Å². The van der Waals surface area contributed by atoms with E-state index in [4.69, 9.17) is 9.47 Å². The van der Waals surface area contributed by atoms with Crippen molar-refractivity contribution in [3.8, 4) is 5.75 Å². The van der Waals surface area contributed by atoms with Crippen LogP contribution >= 0.6 is 0 Å². The summed E-state index contributed by atoms with van der Waals surface area (Å²) in [5.41, 5.74) is 1.17. The number of nitrogens with one attached hydrogen (secondary N) is 1. The Hall–Kier alpha value is -1.55. The molecule has 4 nitrogen and oxygen atoms in total. The van der Waals surface area contributed by atoms with Crippen molar-refractivity contribution in [2.75, 3.05) is 19.8 Å². The third-order valence-corrected chi connectivity index (χ3v) is 3.55. The summed E-state index contributed by atoms with van der Waals surface area (Å²) in [4.78, 5) is 11.9. The third kappa shape index (κ3) is 4.23. The minimum Gasteiger partial charge on any atom is -0.489 e. The molecule has 4 heteroatoms. The fourth-order valence-corrected chi connectivity index (χ4v) is 2.25. The van der Waals surface area contributed by atoms with Crippen LogP contribution in [0.2, 0.25) is 0 Å². The molecular formula is C16H23NO3. The average Bonchev–Trinajstić information content (AvgIpc) is 2.97. The normalized spacial score (nSPS) is 19.6. The number of benzene rings is 1. The van der Waals surface area contributed by atoms with Gasteiger partial charge in [-0.15, -0.1) is 0 Å². The van der Waals surface area contributed by atoms with Crippen LogP contribution in [0.15, 0.2) is 24.3 Å². The molecule has 1 aromatic rings. The first-order valence-electron chi connectivity index (χ1n) is 7.27. The number of hydrogen-bond donors (Lipinski definition) is 1. The minimum atomic E-state index is 0.00284. The van der Waals surface area contributed by atoms with Gasteiger partial charge >= 0.3 is 0 Å². The molecule has 0 aromatic heterocycles. The first-order chi connectivity index (χ1) is 9.69. The van der Waals surface area contributed by atoms with Crippen molar-refractivity contribution < 1.29 is 14.3 Å². The van der Waals surface area contributed by atoms with Gasteiger partial charge < -0.3 is 14.8 Å². The smallest absolute Gasteiger partial charge is 0.225 e. The molecule has 0 bridgehead atoms. The van der Waals surface area contributed by atoms with Crippen molar-refractivity contribution in [1.82, 2.24) is 5.32 Å². The minimum absolute atomic E-state index is 0.00284. The zero-order valence-corrected chi connectivity index (χ0v) is 12.2. The van der Waals surface area contributed by atoms with Crippen molar-refractivity contribution >= 4 is 5.91 Å². The quantitative estimate of drug-likeness (QED) is 0.868. The molecule has 2 rings (SSSR count). The Bertz CT molecular complexity index is 441. The van der Waals surface area contributed by atoms with E-state index >= 15 is 0 Å². The molecule has 0 radical (unpaired) electrons. The Labute approximate surface area is 120 Å². The standard InChI is InChI=1S/C16H23NO3/c1-3-14(20-15-6-4-5-12(2)9-15)10-17-16(18)13-7-8-19-11-13/h4-6,9,13-14H,3,7-8,10-11H2,1-2H3,(H,17,18). The number of carbonyl (C=O) groups excluding carboxylic acids is 1. The maximum atomic E-state index is 11.9. The molecule has 1 N–H and O–H groups in total. The number of amides is 1. The highest BCUT2D eigenvalue weighted by atomic mass is 16.5. The molecule has 0 aliphatic carbocycles. The van der Waals surface area contributed by atoms with Crippen LogP contribution in [0.25, 0.3) is 0 Å². The molecule has 1 heterocycles. The largest absolute Gasteiger partial charge is 0.489 e. The maximum absolute atomic E-state index is 11.9. The molecular weight excluding hydrogens is 254 g/mol. The predicted octanol–water partition coefficient (Wildman–Crippen LogP) is 2.31. The van der Waals surface area contributed by atoms with Crippen LogP contribution < -0.4 is 10.1 Å². The highest BCUT2D eigenvalue weighted by Crippen LogP contribution is 2.16. The van der Waals surface area contributed by atoms with E-state index in [2.05, 4.69) is 12.2 Å². The highest BCUT2D eigenvalue weighted by Gasteiger charge is 2.23. The zero-order valence-electron chi connectivity index (χ0n) is 12.2. The second-order valence-corrected chi connectivity index (χ2v) is 5.27. The van der Waals surface area contributed by atoms with Crippen molar-refractivity contribution in [2.45, 2.75) is 32.8 Å². The van der Waals surface area contributed by atoms with Crippen molar-refractivity contribution in [3.05, 3.63) is 29.8 Å². The van der Waals surface area contributed by atoms with Crippen LogP contribution in [0, 0.1) is 12.8 Å². The Morgan fingerprint density at radius 3 is 3.05 bits per heavy atom. The first-order valence-corrected chi connectivity index (χ1v) is 7.27. The van der Waals surface area contributed by atoms with E-state index in [1.54, 1.807) is 0 Å². The van der Waals surface area contributed by atoms with Gasteiger partial charge in [0.05, 0.1) is 19.1 Å². The van der Waals surface area contributed by atoms with Gasteiger partial charge in [0.2, 0.25) is 5.91 Å². The van der Waals surface area contributed by atoms with Crippen LogP contribution in [0.1, 0.15) is 25.3 Å². The first kappa shape index (κ1) is 14.9. The van der Waals surface area contributed by atoms with E-state index in [0.717, 1.165) is 18.6 Å². The van der Waals surface area contributed by atoms with Gasteiger partial charge in [-0.05, 0) is 37.5 Å². The van der Waals surface area contributed by atoms with Gasteiger partial charge in [0, 0.05) is 6.61 Å². The Morgan fingerprint density at radius 2 is 2.40 bits per heavy atom. The van der Waals surface area contributed by atoms with Crippen LogP contribution in [0.3, 0.4) is 0 Å². The Balaban J connectivity index is 1.81. The molecule has 1 amide bonds. The van der Waals surface area contributed by atoms with E-state index in [1.807, 2.05) is 31.2 Å². The second kappa shape index (κ2) is 7.29. The summed E-state index contributed by atoms with van der Waals surface area (Å²) >= 11 is 0. The van der Waals surface area contributed by atoms with Gasteiger partial charge in [-0.1, -0.05) is 19.1 Å². The molecule has 20 heavy (non-hydrogen) atoms. The number of hydrogen-bond acceptors (Lipinski definition) is 3. The Morgan fingerprint density at radius 1 is 1.55 bits per heavy atom. The topological polar surface area (TPSA) is 47.6 Å². The van der Waals surface area contributed by atoms with E-state index in [0.29, 0.717) is 19.8 Å². The van der Waals surface area contributed by atoms with E-state index in [1.165, 1.54) is 5.56 Å². The van der Waals surface area contributed by atoms with Gasteiger partial charge in [0.15, 0.2) is 0 Å². The van der Waals surface area contributed by atoms with Crippen LogP contribution in [-0.2, 0) is 9.53 Å². The van der Waals surface area contributed by atoms with Gasteiger partial charge in [-0.25, -0.2) is 0 Å². The summed E-state index contributed by atoms with van der Waals surface area (Å²) in [6.07, 6.45) is 1.68. The number of rotatable bonds is 6. The monoisotopic (exact) mass is 277 g/mol. The molecule has 0 saturated carbocycles. The van der Waals surface area contributed by atoms with Gasteiger partial charge in [0.25, 0.3) is 0 Å². The Kier molecular flexibility index (Phi) is 5.41. The molecule has 110 valence electrons. The molecule has 1 saturated heterocycles. The lowest BCUT2D eigenvalue weighted by Crippen LogP contribution is -2.38. The van der Waals surface area contributed by atoms with Gasteiger partial charge in [-0.2, -0.15) is 0 Å². The van der Waals surface area contributed by atoms with Crippen LogP contribution in [-0.4, -0.2) is 31.8 Å². The lowest BCUT2D eigenvalue weighted by molar-refractivity contribution is -0.125. The molecule has 1 aliphatic heterocycles. The zero-order chi connectivity index (χ0) is 14.4. The van der Waals surface area contributed by atoms with Crippen molar-refractivity contribution in [2.24, 2.45) is 5.92 Å². The predicted molar refractivity (Wildman–Crippen MR) is 77.8 cm³/mol. The molecule has 0 spiro atoms. The van der Waals surface area contributed by atoms with Crippen LogP contribution in [0.4, 0.5) is 0 Å². The molecule has 1 fully saturated rings. The summed E-state index contributed by atoms with van der Waals surface area (Å²) < 4.78 is 11.1. The maximum Gasteiger partial charge on any atom is 0.225 e. The number of carbonyl (C=O) groups is 1. The second-order valence-electron chi connectivity index (χ2n) is 5.27. The van der Waals surface area contributed by atoms with Gasteiger partial charge in [-0.3, -0.25) is 4.79 Å². The van der Waals surface area contributed by atoms with Crippen molar-refractivity contribution in [3.63, 3.8) is 0 Å². The highest BCUT2D eigenvalue weighted by molar-refractivity contribution is 5.79. The summed E-state index contributed by atoms with van der Waals surface area (Å²) in [6, 6.07) is 7.97. The summed E-state index contributed by atoms with van der Waals surface area (Å²) in [6.45, 7) is 5.87. The summed E-state index contributed by atoms with van der Waals surface area (Å²) in [7, 11) is 0. The molecule has 2 atom stereocenters. The third-order valence-electron chi connectivity index (χ3n) is 3.55. The van der Waals surface area contributed by atoms with E-state index < -0.39 is 0 Å². The van der Waals surface area contributed by atoms with E-state index in [-0.39, 0.29) is 17.9 Å². The van der Waals surface area contributed by atoms with Crippen LogP contribution in [0.5, 0.6) is 5.75 Å². The van der Waals surface area contributed by atoms with E-state index in [9.17, 15) is 4.79 Å². The molecule has 1 aliphatic rings. The lowest BCUT2D eigenvalue weighted by atomic mass is 10.1. The van der Waals surface area contributed by atoms with Gasteiger partial charge in [0.1, 0.15) is 11.9 Å². The fraction of sp³-hybridized carbons (Fsp3) is 0.562. The molecule has 1 aromatic carbocycles. The number of aryl methyl sites for hydroxylation is 1. The SMILES string of the molecule is CCC(CNC(=O)C1CCOC1)Oc1cccc(C)c1. The summed E-state index contributed by atoms with van der Waals surface area (Å²) in [5.74, 6) is 0.940. The summed E-state index contributed by atoms with van der Waals surface area (Å²) in [5, 5.41) is 2.97.